The Balaban J connectivity index is 1.30. The number of nitrogens with zero attached hydrogens (tertiary/aromatic N) is 4. The molecular formula is C24H32N4OS. The summed E-state index contributed by atoms with van der Waals surface area (Å²) in [6.07, 6.45) is 10.7. The van der Waals surface area contributed by atoms with Crippen LogP contribution in [0.1, 0.15) is 74.1 Å². The molecule has 1 saturated heterocycles. The van der Waals surface area contributed by atoms with E-state index in [1.807, 2.05) is 11.3 Å². The van der Waals surface area contributed by atoms with Crippen molar-refractivity contribution in [2.24, 2.45) is 11.8 Å². The van der Waals surface area contributed by atoms with Crippen molar-refractivity contribution >= 4 is 33.3 Å². The van der Waals surface area contributed by atoms with E-state index < -0.39 is 0 Å². The number of hydrogen-bond acceptors (Lipinski definition) is 5. The minimum Gasteiger partial charge on any atom is -0.352 e. The normalized spacial score (nSPS) is 25.2. The Hall–Kier alpha value is -1.69. The summed E-state index contributed by atoms with van der Waals surface area (Å²) in [5.41, 5.74) is 1.52. The maximum absolute atomic E-state index is 12.9. The van der Waals surface area contributed by atoms with Gasteiger partial charge >= 0.3 is 0 Å². The van der Waals surface area contributed by atoms with Gasteiger partial charge in [0, 0.05) is 42.9 Å². The molecule has 2 aromatic rings. The van der Waals surface area contributed by atoms with Gasteiger partial charge in [0.2, 0.25) is 5.91 Å². The highest BCUT2D eigenvalue weighted by molar-refractivity contribution is 7.19. The molecule has 160 valence electrons. The molecule has 0 bridgehead atoms. The van der Waals surface area contributed by atoms with Gasteiger partial charge in [-0.3, -0.25) is 4.79 Å². The van der Waals surface area contributed by atoms with Crippen molar-refractivity contribution in [1.29, 1.82) is 0 Å². The third kappa shape index (κ3) is 3.31. The van der Waals surface area contributed by atoms with Gasteiger partial charge in [-0.05, 0) is 56.4 Å². The summed E-state index contributed by atoms with van der Waals surface area (Å²) in [5, 5.41) is 1.34. The number of aryl methyl sites for hydroxylation is 1. The molecule has 3 aliphatic carbocycles. The zero-order valence-corrected chi connectivity index (χ0v) is 18.8. The van der Waals surface area contributed by atoms with Crippen molar-refractivity contribution in [3.05, 3.63) is 16.3 Å². The van der Waals surface area contributed by atoms with Gasteiger partial charge in [-0.2, -0.15) is 0 Å². The number of anilines is 1. The van der Waals surface area contributed by atoms with Crippen molar-refractivity contribution in [3.8, 4) is 0 Å². The van der Waals surface area contributed by atoms with Gasteiger partial charge in [0.25, 0.3) is 0 Å². The highest BCUT2D eigenvalue weighted by Gasteiger charge is 2.33. The second-order valence-corrected chi connectivity index (χ2v) is 11.1. The lowest BCUT2D eigenvalue weighted by atomic mass is 9.89. The van der Waals surface area contributed by atoms with Crippen molar-refractivity contribution in [1.82, 2.24) is 14.9 Å². The number of amides is 1. The fraction of sp³-hybridized carbons (Fsp3) is 0.708. The molecule has 0 N–H and O–H groups in total. The first-order chi connectivity index (χ1) is 14.7. The average molecular weight is 425 g/mol. The van der Waals surface area contributed by atoms with Crippen LogP contribution in [0, 0.1) is 11.8 Å². The predicted octanol–water partition coefficient (Wildman–Crippen LogP) is 4.53. The molecule has 30 heavy (non-hydrogen) atoms. The molecule has 0 radical (unpaired) electrons. The van der Waals surface area contributed by atoms with E-state index >= 15 is 0 Å². The molecule has 5 nitrogen and oxygen atoms in total. The molecule has 3 heterocycles. The van der Waals surface area contributed by atoms with Crippen LogP contribution < -0.4 is 4.90 Å². The number of carbonyl (C=O) groups is 1. The number of aromatic nitrogens is 2. The van der Waals surface area contributed by atoms with E-state index in [2.05, 4.69) is 16.7 Å². The minimum atomic E-state index is 0.287. The van der Waals surface area contributed by atoms with Crippen molar-refractivity contribution in [2.75, 3.05) is 31.1 Å². The van der Waals surface area contributed by atoms with Gasteiger partial charge in [0.1, 0.15) is 16.5 Å². The molecule has 1 amide bonds. The summed E-state index contributed by atoms with van der Waals surface area (Å²) >= 11 is 1.92. The van der Waals surface area contributed by atoms with Gasteiger partial charge in [0.05, 0.1) is 5.39 Å². The molecule has 0 spiro atoms. The number of rotatable bonds is 3. The fourth-order valence-corrected chi connectivity index (χ4v) is 7.05. The lowest BCUT2D eigenvalue weighted by Gasteiger charge is -2.37. The standard InChI is InChI=1S/C24H32N4OS/c1-15-6-9-18-19(14-15)30-23-20(18)22(25-21(26-23)16-7-8-16)27-10-12-28(13-11-27)24(29)17-4-2-3-5-17/h15-17H,2-14H2,1H3. The zero-order valence-electron chi connectivity index (χ0n) is 18.0. The van der Waals surface area contributed by atoms with Crippen LogP contribution >= 0.6 is 11.3 Å². The van der Waals surface area contributed by atoms with Crippen LogP contribution in [-0.4, -0.2) is 47.0 Å². The Kier molecular flexibility index (Phi) is 4.74. The van der Waals surface area contributed by atoms with E-state index in [4.69, 9.17) is 9.97 Å². The Morgan fingerprint density at radius 3 is 2.50 bits per heavy atom. The SMILES string of the molecule is CC1CCc2c(sc3nc(C4CC4)nc(N4CCN(C(=O)C5CCCC5)CC4)c23)C1. The molecule has 1 aliphatic heterocycles. The lowest BCUT2D eigenvalue weighted by molar-refractivity contribution is -0.135. The van der Waals surface area contributed by atoms with E-state index in [9.17, 15) is 4.79 Å². The van der Waals surface area contributed by atoms with Crippen LogP contribution in [0.15, 0.2) is 0 Å². The lowest BCUT2D eigenvalue weighted by Crippen LogP contribution is -2.50. The van der Waals surface area contributed by atoms with Crippen molar-refractivity contribution in [2.45, 2.75) is 70.6 Å². The molecule has 6 rings (SSSR count). The molecule has 1 unspecified atom stereocenters. The summed E-state index contributed by atoms with van der Waals surface area (Å²) in [5.74, 6) is 4.26. The van der Waals surface area contributed by atoms with Crippen LogP contribution in [0.25, 0.3) is 10.2 Å². The number of piperazine rings is 1. The summed E-state index contributed by atoms with van der Waals surface area (Å²) in [6, 6.07) is 0. The maximum Gasteiger partial charge on any atom is 0.225 e. The summed E-state index contributed by atoms with van der Waals surface area (Å²) in [7, 11) is 0. The highest BCUT2D eigenvalue weighted by Crippen LogP contribution is 2.45. The molecule has 4 aliphatic rings. The van der Waals surface area contributed by atoms with Crippen molar-refractivity contribution in [3.63, 3.8) is 0 Å². The molecule has 1 atom stereocenters. The van der Waals surface area contributed by atoms with E-state index in [0.29, 0.717) is 11.8 Å². The molecule has 0 aromatic carbocycles. The number of thiophene rings is 1. The first kappa shape index (κ1) is 19.0. The van der Waals surface area contributed by atoms with Crippen LogP contribution in [0.4, 0.5) is 5.82 Å². The van der Waals surface area contributed by atoms with E-state index in [0.717, 1.165) is 57.2 Å². The Morgan fingerprint density at radius 1 is 1.00 bits per heavy atom. The smallest absolute Gasteiger partial charge is 0.225 e. The molecule has 3 fully saturated rings. The first-order valence-corrected chi connectivity index (χ1v) is 12.8. The Morgan fingerprint density at radius 2 is 1.77 bits per heavy atom. The monoisotopic (exact) mass is 424 g/mol. The quantitative estimate of drug-likeness (QED) is 0.726. The molecular weight excluding hydrogens is 392 g/mol. The predicted molar refractivity (Wildman–Crippen MR) is 121 cm³/mol. The van der Waals surface area contributed by atoms with E-state index in [1.54, 1.807) is 4.88 Å². The number of carbonyl (C=O) groups excluding carboxylic acids is 1. The summed E-state index contributed by atoms with van der Waals surface area (Å²) < 4.78 is 0. The highest BCUT2D eigenvalue weighted by atomic mass is 32.1. The van der Waals surface area contributed by atoms with Gasteiger partial charge < -0.3 is 9.80 Å². The van der Waals surface area contributed by atoms with Gasteiger partial charge in [0.15, 0.2) is 0 Å². The van der Waals surface area contributed by atoms with E-state index in [1.165, 1.54) is 60.1 Å². The number of fused-ring (bicyclic) bond motifs is 3. The second-order valence-electron chi connectivity index (χ2n) is 10.0. The zero-order chi connectivity index (χ0) is 20.2. The van der Waals surface area contributed by atoms with Gasteiger partial charge in [-0.1, -0.05) is 19.8 Å². The minimum absolute atomic E-state index is 0.287. The Bertz CT molecular complexity index is 967. The fourth-order valence-electron chi connectivity index (χ4n) is 5.66. The van der Waals surface area contributed by atoms with E-state index in [-0.39, 0.29) is 5.92 Å². The third-order valence-corrected chi connectivity index (χ3v) is 8.84. The summed E-state index contributed by atoms with van der Waals surface area (Å²) in [4.78, 5) is 30.4. The van der Waals surface area contributed by atoms with Crippen LogP contribution in [0.5, 0.6) is 0 Å². The third-order valence-electron chi connectivity index (χ3n) is 7.69. The van der Waals surface area contributed by atoms with Crippen LogP contribution in [-0.2, 0) is 17.6 Å². The van der Waals surface area contributed by atoms with Crippen LogP contribution in [0.2, 0.25) is 0 Å². The van der Waals surface area contributed by atoms with Crippen molar-refractivity contribution < 1.29 is 4.79 Å². The molecule has 2 saturated carbocycles. The number of hydrogen-bond donors (Lipinski definition) is 0. The average Bonchev–Trinajstić information content (AvgIpc) is 3.34. The first-order valence-electron chi connectivity index (χ1n) is 12.0. The van der Waals surface area contributed by atoms with Gasteiger partial charge in [-0.25, -0.2) is 9.97 Å². The summed E-state index contributed by atoms with van der Waals surface area (Å²) in [6.45, 7) is 5.84. The maximum atomic E-state index is 12.9. The second kappa shape index (κ2) is 7.47. The Labute approximate surface area is 182 Å². The molecule has 6 heteroatoms. The molecule has 2 aromatic heterocycles. The van der Waals surface area contributed by atoms with Gasteiger partial charge in [-0.15, -0.1) is 11.3 Å². The topological polar surface area (TPSA) is 49.3 Å². The largest absolute Gasteiger partial charge is 0.352 e. The van der Waals surface area contributed by atoms with Crippen LogP contribution in [0.3, 0.4) is 0 Å².